The number of nitrogens with zero attached hydrogens (tertiary/aromatic N) is 4. The summed E-state index contributed by atoms with van der Waals surface area (Å²) < 4.78 is 20.2. The monoisotopic (exact) mass is 458 g/mol. The molecule has 0 unspecified atom stereocenters. The molecule has 1 saturated heterocycles. The smallest absolute Gasteiger partial charge is 0.480 e. The molecular formula is C26H31BN4O3. The number of hydrogen-bond acceptors (Lipinski definition) is 6. The molecule has 1 aliphatic heterocycles. The third-order valence-corrected chi connectivity index (χ3v) is 7.92. The number of rotatable bonds is 5. The minimum Gasteiger partial charge on any atom is -0.480 e. The van der Waals surface area contributed by atoms with Gasteiger partial charge in [-0.05, 0) is 76.0 Å². The molecule has 2 fully saturated rings. The van der Waals surface area contributed by atoms with Gasteiger partial charge in [-0.3, -0.25) is 4.68 Å². The zero-order chi connectivity index (χ0) is 23.7. The van der Waals surface area contributed by atoms with Gasteiger partial charge in [0.2, 0.25) is 5.88 Å². The second-order valence-corrected chi connectivity index (χ2v) is 10.7. The third-order valence-electron chi connectivity index (χ3n) is 7.92. The first kappa shape index (κ1) is 21.8. The Bertz CT molecular complexity index is 1230. The highest BCUT2D eigenvalue weighted by molar-refractivity contribution is 6.62. The molecule has 0 spiro atoms. The Kier molecular flexibility index (Phi) is 4.91. The van der Waals surface area contributed by atoms with E-state index in [1.54, 1.807) is 13.4 Å². The van der Waals surface area contributed by atoms with Gasteiger partial charge < -0.3 is 14.0 Å². The molecular weight excluding hydrogens is 427 g/mol. The fourth-order valence-electron chi connectivity index (χ4n) is 5.10. The van der Waals surface area contributed by atoms with E-state index in [1.807, 2.05) is 0 Å². The zero-order valence-electron chi connectivity index (χ0n) is 20.5. The van der Waals surface area contributed by atoms with E-state index in [4.69, 9.17) is 19.1 Å². The molecule has 0 amide bonds. The minimum atomic E-state index is -0.341. The van der Waals surface area contributed by atoms with Crippen LogP contribution in [-0.4, -0.2) is 45.2 Å². The van der Waals surface area contributed by atoms with Crippen molar-refractivity contribution in [1.82, 2.24) is 19.7 Å². The van der Waals surface area contributed by atoms with E-state index in [0.29, 0.717) is 11.8 Å². The lowest BCUT2D eigenvalue weighted by molar-refractivity contribution is 0.00578. The molecule has 34 heavy (non-hydrogen) atoms. The van der Waals surface area contributed by atoms with Crippen molar-refractivity contribution in [2.75, 3.05) is 7.11 Å². The molecule has 7 nitrogen and oxygen atoms in total. The maximum atomic E-state index is 6.27. The molecule has 1 atom stereocenters. The molecule has 2 aromatic heterocycles. The first-order valence-corrected chi connectivity index (χ1v) is 12.2. The lowest BCUT2D eigenvalue weighted by atomic mass is 9.78. The van der Waals surface area contributed by atoms with Crippen LogP contribution in [0, 0.1) is 0 Å². The lowest BCUT2D eigenvalue weighted by Gasteiger charge is -2.32. The van der Waals surface area contributed by atoms with Crippen LogP contribution in [0.3, 0.4) is 0 Å². The van der Waals surface area contributed by atoms with Gasteiger partial charge in [0.25, 0.3) is 0 Å². The molecule has 0 radical (unpaired) electrons. The van der Waals surface area contributed by atoms with E-state index in [2.05, 4.69) is 72.8 Å². The highest BCUT2D eigenvalue weighted by Gasteiger charge is 2.51. The van der Waals surface area contributed by atoms with Gasteiger partial charge in [-0.25, -0.2) is 9.97 Å². The lowest BCUT2D eigenvalue weighted by Crippen LogP contribution is -2.41. The SMILES string of the molecule is COc1ncnc(C2CC2)c1-c1ccn([C@H]2CCc3cc(B4OC(C)(C)C(C)(C)O4)ccc32)n1. The summed E-state index contributed by atoms with van der Waals surface area (Å²) in [4.78, 5) is 8.92. The third kappa shape index (κ3) is 3.46. The minimum absolute atomic E-state index is 0.205. The van der Waals surface area contributed by atoms with Gasteiger partial charge in [0.15, 0.2) is 0 Å². The Labute approximate surface area is 201 Å². The van der Waals surface area contributed by atoms with Crippen LogP contribution in [0.2, 0.25) is 0 Å². The summed E-state index contributed by atoms with van der Waals surface area (Å²) in [7, 11) is 1.32. The first-order chi connectivity index (χ1) is 16.3. The Hall–Kier alpha value is -2.71. The van der Waals surface area contributed by atoms with Crippen LogP contribution in [0.25, 0.3) is 11.3 Å². The molecule has 2 aliphatic carbocycles. The van der Waals surface area contributed by atoms with Crippen molar-refractivity contribution in [3.05, 3.63) is 53.6 Å². The van der Waals surface area contributed by atoms with E-state index in [0.717, 1.165) is 48.1 Å². The quantitative estimate of drug-likeness (QED) is 0.537. The number of aromatic nitrogens is 4. The molecule has 176 valence electrons. The van der Waals surface area contributed by atoms with Crippen LogP contribution < -0.4 is 10.2 Å². The van der Waals surface area contributed by atoms with Gasteiger partial charge in [0.1, 0.15) is 6.33 Å². The molecule has 3 aromatic rings. The summed E-state index contributed by atoms with van der Waals surface area (Å²) in [5.74, 6) is 1.08. The van der Waals surface area contributed by atoms with Gasteiger partial charge in [0, 0.05) is 12.1 Å². The van der Waals surface area contributed by atoms with Crippen LogP contribution in [0.15, 0.2) is 36.8 Å². The van der Waals surface area contributed by atoms with Crippen LogP contribution in [0.4, 0.5) is 0 Å². The van der Waals surface area contributed by atoms with Crippen molar-refractivity contribution in [1.29, 1.82) is 0 Å². The van der Waals surface area contributed by atoms with Gasteiger partial charge in [-0.2, -0.15) is 5.10 Å². The standard InChI is InChI=1S/C26H31BN4O3/c1-25(2)26(3,4)34-27(33-25)18-9-10-19-17(14-18)8-11-21(19)31-13-12-20(30-31)22-23(16-6-7-16)28-15-29-24(22)32-5/h9-10,12-16,21H,6-8,11H2,1-5H3/t21-/m0/s1. The summed E-state index contributed by atoms with van der Waals surface area (Å²) in [5.41, 5.74) is 5.91. The van der Waals surface area contributed by atoms with Crippen molar-refractivity contribution in [2.45, 2.75) is 76.5 Å². The molecule has 0 N–H and O–H groups in total. The van der Waals surface area contributed by atoms with Gasteiger partial charge in [0.05, 0.1) is 41.3 Å². The summed E-state index contributed by atoms with van der Waals surface area (Å²) in [6, 6.07) is 8.88. The van der Waals surface area contributed by atoms with Gasteiger partial charge in [-0.1, -0.05) is 18.2 Å². The predicted molar refractivity (Wildman–Crippen MR) is 130 cm³/mol. The van der Waals surface area contributed by atoms with Crippen LogP contribution in [0.1, 0.15) is 75.7 Å². The topological polar surface area (TPSA) is 71.3 Å². The number of hydrogen-bond donors (Lipinski definition) is 0. The fraction of sp³-hybridized carbons (Fsp3) is 0.500. The van der Waals surface area contributed by atoms with Crippen molar-refractivity contribution in [3.63, 3.8) is 0 Å². The number of fused-ring (bicyclic) bond motifs is 1. The number of benzene rings is 1. The first-order valence-electron chi connectivity index (χ1n) is 12.2. The van der Waals surface area contributed by atoms with Crippen LogP contribution >= 0.6 is 0 Å². The molecule has 1 saturated carbocycles. The Morgan fingerprint density at radius 3 is 2.50 bits per heavy atom. The Morgan fingerprint density at radius 2 is 1.79 bits per heavy atom. The average molecular weight is 458 g/mol. The summed E-state index contributed by atoms with van der Waals surface area (Å²) >= 11 is 0. The Morgan fingerprint density at radius 1 is 1.03 bits per heavy atom. The summed E-state index contributed by atoms with van der Waals surface area (Å²) in [6.45, 7) is 8.36. The fourth-order valence-corrected chi connectivity index (χ4v) is 5.10. The summed E-state index contributed by atoms with van der Waals surface area (Å²) in [6.07, 6.45) is 8.01. The van der Waals surface area contributed by atoms with Crippen molar-refractivity contribution in [3.8, 4) is 17.1 Å². The second kappa shape index (κ2) is 7.65. The molecule has 3 heterocycles. The highest BCUT2D eigenvalue weighted by atomic mass is 16.7. The van der Waals surface area contributed by atoms with Crippen molar-refractivity contribution >= 4 is 12.6 Å². The normalized spacial score (nSPS) is 22.7. The second-order valence-electron chi connectivity index (χ2n) is 10.7. The largest absolute Gasteiger partial charge is 0.494 e. The number of methoxy groups -OCH3 is 1. The molecule has 0 bridgehead atoms. The van der Waals surface area contributed by atoms with E-state index >= 15 is 0 Å². The van der Waals surface area contributed by atoms with E-state index in [-0.39, 0.29) is 24.4 Å². The van der Waals surface area contributed by atoms with E-state index in [9.17, 15) is 0 Å². The average Bonchev–Trinajstić information content (AvgIpc) is 3.31. The molecule has 6 rings (SSSR count). The van der Waals surface area contributed by atoms with Crippen LogP contribution in [-0.2, 0) is 15.7 Å². The summed E-state index contributed by atoms with van der Waals surface area (Å²) in [5, 5.41) is 4.99. The number of aryl methyl sites for hydroxylation is 1. The number of ether oxygens (including phenoxy) is 1. The zero-order valence-corrected chi connectivity index (χ0v) is 20.5. The van der Waals surface area contributed by atoms with Gasteiger partial charge >= 0.3 is 7.12 Å². The molecule has 8 heteroatoms. The van der Waals surface area contributed by atoms with Crippen molar-refractivity contribution < 1.29 is 14.0 Å². The highest BCUT2D eigenvalue weighted by Crippen LogP contribution is 2.45. The maximum Gasteiger partial charge on any atom is 0.494 e. The predicted octanol–water partition coefficient (Wildman–Crippen LogP) is 4.06. The van der Waals surface area contributed by atoms with E-state index < -0.39 is 0 Å². The maximum absolute atomic E-state index is 6.27. The van der Waals surface area contributed by atoms with E-state index in [1.165, 1.54) is 11.1 Å². The van der Waals surface area contributed by atoms with Gasteiger partial charge in [-0.15, -0.1) is 0 Å². The Balaban J connectivity index is 1.29. The van der Waals surface area contributed by atoms with Crippen molar-refractivity contribution in [2.24, 2.45) is 0 Å². The molecule has 3 aliphatic rings. The van der Waals surface area contributed by atoms with Crippen LogP contribution in [0.5, 0.6) is 5.88 Å². The molecule has 1 aromatic carbocycles.